The van der Waals surface area contributed by atoms with Crippen molar-refractivity contribution in [1.29, 1.82) is 0 Å². The van der Waals surface area contributed by atoms with Gasteiger partial charge in [-0.15, -0.1) is 0 Å². The number of nitrogens with zero attached hydrogens (tertiary/aromatic N) is 5. The minimum atomic E-state index is -0.396. The molecule has 0 radical (unpaired) electrons. The smallest absolute Gasteiger partial charge is 0.290 e. The van der Waals surface area contributed by atoms with Gasteiger partial charge in [0.25, 0.3) is 5.69 Å². The van der Waals surface area contributed by atoms with Crippen molar-refractivity contribution >= 4 is 28.0 Å². The minimum Gasteiger partial charge on any atom is -0.354 e. The molecule has 3 rings (SSSR count). The van der Waals surface area contributed by atoms with E-state index in [1.807, 2.05) is 19.0 Å². The number of aryl methyl sites for hydroxylation is 1. The van der Waals surface area contributed by atoms with Gasteiger partial charge in [0, 0.05) is 37.5 Å². The highest BCUT2D eigenvalue weighted by Gasteiger charge is 2.23. The Morgan fingerprint density at radius 3 is 2.86 bits per heavy atom. The molecular weight excluding hydrogens is 302 g/mol. The van der Waals surface area contributed by atoms with Crippen molar-refractivity contribution in [2.45, 2.75) is 19.9 Å². The van der Waals surface area contributed by atoms with E-state index in [0.717, 1.165) is 36.2 Å². The van der Waals surface area contributed by atoms with E-state index < -0.39 is 4.92 Å². The van der Waals surface area contributed by atoms with E-state index in [-0.39, 0.29) is 5.69 Å². The van der Waals surface area contributed by atoms with Gasteiger partial charge in [-0.05, 0) is 13.0 Å². The number of hydrogen-bond acceptors (Lipinski definition) is 7. The molecule has 0 bridgehead atoms. The summed E-state index contributed by atoms with van der Waals surface area (Å²) in [6, 6.07) is 1.79. The largest absolute Gasteiger partial charge is 0.354 e. The normalized spacial score (nSPS) is 13.9. The van der Waals surface area contributed by atoms with Crippen molar-refractivity contribution in [3.63, 3.8) is 0 Å². The number of thiazole rings is 1. The molecule has 0 amide bonds. The van der Waals surface area contributed by atoms with E-state index in [9.17, 15) is 10.1 Å². The predicted molar refractivity (Wildman–Crippen MR) is 86.8 cm³/mol. The summed E-state index contributed by atoms with van der Waals surface area (Å²) in [7, 11) is 3.98. The second-order valence-electron chi connectivity index (χ2n) is 5.52. The molecule has 2 aromatic heterocycles. The number of pyridine rings is 1. The second-order valence-corrected chi connectivity index (χ2v) is 6.58. The summed E-state index contributed by atoms with van der Waals surface area (Å²) in [5.41, 5.74) is 1.86. The van der Waals surface area contributed by atoms with Crippen molar-refractivity contribution in [3.8, 4) is 0 Å². The fraction of sp³-hybridized carbons (Fsp3) is 0.429. The molecule has 0 aliphatic carbocycles. The summed E-state index contributed by atoms with van der Waals surface area (Å²) >= 11 is 1.69. The number of aromatic nitrogens is 2. The SMILES string of the molecule is Cc1cc(N2CCc3nc(N(C)C)sc3C2)ncc1[N+](=O)[O-]. The van der Waals surface area contributed by atoms with E-state index in [2.05, 4.69) is 14.9 Å². The Morgan fingerprint density at radius 2 is 2.23 bits per heavy atom. The average Bonchev–Trinajstić information content (AvgIpc) is 2.89. The molecule has 22 heavy (non-hydrogen) atoms. The van der Waals surface area contributed by atoms with Gasteiger partial charge in [-0.2, -0.15) is 0 Å². The summed E-state index contributed by atoms with van der Waals surface area (Å²) in [6.45, 7) is 3.33. The number of hydrogen-bond donors (Lipinski definition) is 0. The van der Waals surface area contributed by atoms with E-state index in [0.29, 0.717) is 5.56 Å². The first kappa shape index (κ1) is 14.7. The molecule has 0 atom stereocenters. The molecule has 2 aromatic rings. The van der Waals surface area contributed by atoms with Crippen molar-refractivity contribution in [1.82, 2.24) is 9.97 Å². The lowest BCUT2D eigenvalue weighted by molar-refractivity contribution is -0.385. The Labute approximate surface area is 132 Å². The molecule has 0 saturated carbocycles. The second kappa shape index (κ2) is 5.53. The van der Waals surface area contributed by atoms with Gasteiger partial charge in [0.2, 0.25) is 0 Å². The van der Waals surface area contributed by atoms with Crippen LogP contribution in [0.1, 0.15) is 16.1 Å². The van der Waals surface area contributed by atoms with Gasteiger partial charge in [-0.25, -0.2) is 9.97 Å². The number of fused-ring (bicyclic) bond motifs is 1. The Bertz CT molecular complexity index is 728. The van der Waals surface area contributed by atoms with E-state index in [1.165, 1.54) is 11.1 Å². The molecule has 0 fully saturated rings. The van der Waals surface area contributed by atoms with Gasteiger partial charge in [-0.3, -0.25) is 10.1 Å². The number of rotatable bonds is 3. The Morgan fingerprint density at radius 1 is 1.45 bits per heavy atom. The summed E-state index contributed by atoms with van der Waals surface area (Å²) in [5.74, 6) is 0.786. The average molecular weight is 319 g/mol. The zero-order valence-corrected chi connectivity index (χ0v) is 13.6. The van der Waals surface area contributed by atoms with Crippen LogP contribution in [0.4, 0.5) is 16.6 Å². The molecule has 0 aromatic carbocycles. The molecule has 7 nitrogen and oxygen atoms in total. The van der Waals surface area contributed by atoms with Crippen LogP contribution in [-0.4, -0.2) is 35.5 Å². The van der Waals surface area contributed by atoms with E-state index in [4.69, 9.17) is 0 Å². The van der Waals surface area contributed by atoms with E-state index in [1.54, 1.807) is 24.3 Å². The van der Waals surface area contributed by atoms with Crippen molar-refractivity contribution in [2.75, 3.05) is 30.4 Å². The highest BCUT2D eigenvalue weighted by Crippen LogP contribution is 2.32. The molecule has 116 valence electrons. The zero-order chi connectivity index (χ0) is 15.9. The number of nitro groups is 1. The lowest BCUT2D eigenvalue weighted by Crippen LogP contribution is -2.30. The molecular formula is C14H17N5O2S. The monoisotopic (exact) mass is 319 g/mol. The first-order chi connectivity index (χ1) is 10.5. The van der Waals surface area contributed by atoms with Crippen molar-refractivity contribution in [3.05, 3.63) is 38.5 Å². The fourth-order valence-corrected chi connectivity index (χ4v) is 3.51. The van der Waals surface area contributed by atoms with Gasteiger partial charge in [-0.1, -0.05) is 11.3 Å². The van der Waals surface area contributed by atoms with Crippen LogP contribution >= 0.6 is 11.3 Å². The molecule has 3 heterocycles. The summed E-state index contributed by atoms with van der Waals surface area (Å²) < 4.78 is 0. The maximum absolute atomic E-state index is 10.9. The van der Waals surface area contributed by atoms with E-state index >= 15 is 0 Å². The van der Waals surface area contributed by atoms with Crippen LogP contribution in [0.5, 0.6) is 0 Å². The van der Waals surface area contributed by atoms with Crippen molar-refractivity contribution < 1.29 is 4.92 Å². The van der Waals surface area contributed by atoms with Crippen LogP contribution < -0.4 is 9.80 Å². The lowest BCUT2D eigenvalue weighted by Gasteiger charge is -2.27. The quantitative estimate of drug-likeness (QED) is 0.639. The third-order valence-electron chi connectivity index (χ3n) is 3.69. The molecule has 1 aliphatic heterocycles. The summed E-state index contributed by atoms with van der Waals surface area (Å²) in [4.78, 5) is 24.8. The van der Waals surface area contributed by atoms with Crippen LogP contribution in [0.15, 0.2) is 12.3 Å². The molecule has 0 saturated heterocycles. The standard InChI is InChI=1S/C14H17N5O2S/c1-9-6-13(15-7-11(9)19(20)21)18-5-4-10-12(8-18)22-14(16-10)17(2)3/h6-7H,4-5,8H2,1-3H3. The molecule has 0 spiro atoms. The maximum Gasteiger partial charge on any atom is 0.290 e. The van der Waals surface area contributed by atoms with Gasteiger partial charge in [0.05, 0.1) is 17.2 Å². The minimum absolute atomic E-state index is 0.0640. The van der Waals surface area contributed by atoms with Crippen molar-refractivity contribution in [2.24, 2.45) is 0 Å². The maximum atomic E-state index is 10.9. The number of anilines is 2. The Hall–Kier alpha value is -2.22. The van der Waals surface area contributed by atoms with Gasteiger partial charge in [0.15, 0.2) is 5.13 Å². The summed E-state index contributed by atoms with van der Waals surface area (Å²) in [6.07, 6.45) is 2.22. The molecule has 8 heteroatoms. The highest BCUT2D eigenvalue weighted by atomic mass is 32.1. The first-order valence-electron chi connectivity index (χ1n) is 6.97. The van der Waals surface area contributed by atoms with Crippen LogP contribution in [0, 0.1) is 17.0 Å². The summed E-state index contributed by atoms with van der Waals surface area (Å²) in [5, 5.41) is 11.9. The Kier molecular flexibility index (Phi) is 3.69. The van der Waals surface area contributed by atoms with Gasteiger partial charge in [0.1, 0.15) is 12.0 Å². The van der Waals surface area contributed by atoms with Crippen LogP contribution in [-0.2, 0) is 13.0 Å². The topological polar surface area (TPSA) is 75.4 Å². The zero-order valence-electron chi connectivity index (χ0n) is 12.7. The molecule has 0 unspecified atom stereocenters. The molecule has 1 aliphatic rings. The van der Waals surface area contributed by atoms with Gasteiger partial charge >= 0.3 is 0 Å². The lowest BCUT2D eigenvalue weighted by atomic mass is 10.1. The third-order valence-corrected chi connectivity index (χ3v) is 4.94. The third kappa shape index (κ3) is 2.61. The Balaban J connectivity index is 1.85. The van der Waals surface area contributed by atoms with Crippen LogP contribution in [0.3, 0.4) is 0 Å². The first-order valence-corrected chi connectivity index (χ1v) is 7.79. The van der Waals surface area contributed by atoms with Crippen LogP contribution in [0.25, 0.3) is 0 Å². The molecule has 0 N–H and O–H groups in total. The highest BCUT2D eigenvalue weighted by molar-refractivity contribution is 7.15. The van der Waals surface area contributed by atoms with Gasteiger partial charge < -0.3 is 9.80 Å². The van der Waals surface area contributed by atoms with Crippen LogP contribution in [0.2, 0.25) is 0 Å². The predicted octanol–water partition coefficient (Wildman–Crippen LogP) is 2.38. The fourth-order valence-electron chi connectivity index (χ4n) is 2.47.